The largest absolute Gasteiger partial charge is 0.341 e. The number of benzene rings is 2. The van der Waals surface area contributed by atoms with Crippen molar-refractivity contribution < 1.29 is 19.3 Å². The number of likely N-dealkylation sites (N-methyl/N-ethyl adjacent to an activating group) is 1. The standard InChI is InChI=1S/C21H26N4O3/c1-14-9-8-12-17(15(14)2)23-18(26)13-25(4)19(16-10-6-5-7-11-16)20(27)24-21(28)22-3/h5-12,19H,13H2,1-4H3,(H,23,26)(H2,22,24,27,28)/p+1/t19-/m0/s1. The van der Waals surface area contributed by atoms with E-state index in [-0.39, 0.29) is 12.5 Å². The smallest absolute Gasteiger partial charge is 0.321 e. The highest BCUT2D eigenvalue weighted by atomic mass is 16.2. The van der Waals surface area contributed by atoms with E-state index in [4.69, 9.17) is 0 Å². The molecule has 0 saturated carbocycles. The first-order valence-corrected chi connectivity index (χ1v) is 9.09. The highest BCUT2D eigenvalue weighted by molar-refractivity contribution is 5.97. The van der Waals surface area contributed by atoms with Gasteiger partial charge >= 0.3 is 6.03 Å². The number of carbonyl (C=O) groups is 3. The predicted octanol–water partition coefficient (Wildman–Crippen LogP) is 0.954. The number of urea groups is 1. The summed E-state index contributed by atoms with van der Waals surface area (Å²) in [6.07, 6.45) is 0. The number of amides is 4. The Balaban J connectivity index is 2.16. The lowest BCUT2D eigenvalue weighted by molar-refractivity contribution is -0.894. The molecule has 0 aliphatic heterocycles. The molecule has 2 aromatic carbocycles. The molecule has 0 saturated heterocycles. The number of imide groups is 1. The van der Waals surface area contributed by atoms with Gasteiger partial charge in [-0.25, -0.2) is 4.79 Å². The number of carbonyl (C=O) groups excluding carboxylic acids is 3. The van der Waals surface area contributed by atoms with Crippen LogP contribution in [0, 0.1) is 13.8 Å². The Bertz CT molecular complexity index is 852. The fourth-order valence-electron chi connectivity index (χ4n) is 2.99. The van der Waals surface area contributed by atoms with Gasteiger partial charge in [0.2, 0.25) is 0 Å². The van der Waals surface area contributed by atoms with Crippen LogP contribution in [0.2, 0.25) is 0 Å². The predicted molar refractivity (Wildman–Crippen MR) is 108 cm³/mol. The van der Waals surface area contributed by atoms with Crippen LogP contribution < -0.4 is 20.9 Å². The molecule has 4 amide bonds. The van der Waals surface area contributed by atoms with Crippen molar-refractivity contribution in [2.45, 2.75) is 19.9 Å². The van der Waals surface area contributed by atoms with E-state index < -0.39 is 18.0 Å². The van der Waals surface area contributed by atoms with Gasteiger partial charge < -0.3 is 15.5 Å². The molecule has 0 spiro atoms. The second-order valence-electron chi connectivity index (χ2n) is 6.73. The number of hydrogen-bond acceptors (Lipinski definition) is 3. The maximum Gasteiger partial charge on any atom is 0.321 e. The molecule has 0 aromatic heterocycles. The van der Waals surface area contributed by atoms with Crippen molar-refractivity contribution >= 4 is 23.5 Å². The summed E-state index contributed by atoms with van der Waals surface area (Å²) >= 11 is 0. The van der Waals surface area contributed by atoms with Crippen molar-refractivity contribution in [2.75, 3.05) is 26.0 Å². The zero-order chi connectivity index (χ0) is 20.7. The van der Waals surface area contributed by atoms with Gasteiger partial charge in [0.25, 0.3) is 11.8 Å². The van der Waals surface area contributed by atoms with E-state index in [1.54, 1.807) is 19.2 Å². The van der Waals surface area contributed by atoms with Gasteiger partial charge in [-0.05, 0) is 31.0 Å². The number of hydrogen-bond donors (Lipinski definition) is 4. The van der Waals surface area contributed by atoms with Gasteiger partial charge in [-0.15, -0.1) is 0 Å². The van der Waals surface area contributed by atoms with Gasteiger partial charge in [-0.1, -0.05) is 42.5 Å². The average Bonchev–Trinajstić information content (AvgIpc) is 2.66. The van der Waals surface area contributed by atoms with E-state index >= 15 is 0 Å². The monoisotopic (exact) mass is 383 g/mol. The van der Waals surface area contributed by atoms with Gasteiger partial charge in [-0.3, -0.25) is 14.9 Å². The van der Waals surface area contributed by atoms with Gasteiger partial charge in [-0.2, -0.15) is 0 Å². The van der Waals surface area contributed by atoms with Crippen LogP contribution in [0.1, 0.15) is 22.7 Å². The minimum atomic E-state index is -0.706. The van der Waals surface area contributed by atoms with E-state index in [0.717, 1.165) is 22.4 Å². The van der Waals surface area contributed by atoms with Gasteiger partial charge in [0, 0.05) is 18.3 Å². The molecule has 0 bridgehead atoms. The molecule has 2 rings (SSSR count). The highest BCUT2D eigenvalue weighted by Crippen LogP contribution is 2.17. The summed E-state index contributed by atoms with van der Waals surface area (Å²) in [6, 6.07) is 13.5. The van der Waals surface area contributed by atoms with E-state index in [0.29, 0.717) is 4.90 Å². The second kappa shape index (κ2) is 9.66. The Kier molecular flexibility index (Phi) is 7.28. The Labute approximate surface area is 165 Å². The van der Waals surface area contributed by atoms with Crippen LogP contribution in [0.5, 0.6) is 0 Å². The minimum absolute atomic E-state index is 0.0636. The van der Waals surface area contributed by atoms with Crippen LogP contribution in [-0.4, -0.2) is 38.5 Å². The van der Waals surface area contributed by atoms with E-state index in [2.05, 4.69) is 16.0 Å². The van der Waals surface area contributed by atoms with Crippen molar-refractivity contribution in [1.29, 1.82) is 0 Å². The minimum Gasteiger partial charge on any atom is -0.341 e. The van der Waals surface area contributed by atoms with Crippen LogP contribution in [0.15, 0.2) is 48.5 Å². The lowest BCUT2D eigenvalue weighted by atomic mass is 10.0. The first-order valence-electron chi connectivity index (χ1n) is 9.09. The van der Waals surface area contributed by atoms with Crippen LogP contribution in [-0.2, 0) is 9.59 Å². The number of aryl methyl sites for hydroxylation is 1. The van der Waals surface area contributed by atoms with Crippen molar-refractivity contribution in [3.63, 3.8) is 0 Å². The van der Waals surface area contributed by atoms with Gasteiger partial charge in [0.05, 0.1) is 7.05 Å². The Morgan fingerprint density at radius 3 is 2.32 bits per heavy atom. The second-order valence-corrected chi connectivity index (χ2v) is 6.73. The topological polar surface area (TPSA) is 91.7 Å². The lowest BCUT2D eigenvalue weighted by Gasteiger charge is -2.24. The summed E-state index contributed by atoms with van der Waals surface area (Å²) in [5.41, 5.74) is 3.57. The average molecular weight is 383 g/mol. The van der Waals surface area contributed by atoms with Crippen LogP contribution in [0.4, 0.5) is 10.5 Å². The molecule has 0 aliphatic carbocycles. The molecule has 28 heavy (non-hydrogen) atoms. The Morgan fingerprint density at radius 1 is 1.00 bits per heavy atom. The Morgan fingerprint density at radius 2 is 1.68 bits per heavy atom. The summed E-state index contributed by atoms with van der Waals surface area (Å²) in [5.74, 6) is -0.678. The molecule has 2 aromatic rings. The van der Waals surface area contributed by atoms with Crippen molar-refractivity contribution in [3.8, 4) is 0 Å². The fourth-order valence-corrected chi connectivity index (χ4v) is 2.99. The summed E-state index contributed by atoms with van der Waals surface area (Å²) in [6.45, 7) is 4.00. The maximum absolute atomic E-state index is 12.7. The Hall–Kier alpha value is -3.19. The quantitative estimate of drug-likeness (QED) is 0.599. The molecule has 1 unspecified atom stereocenters. The number of anilines is 1. The number of quaternary nitrogens is 1. The molecule has 2 atom stereocenters. The van der Waals surface area contributed by atoms with Crippen LogP contribution in [0.3, 0.4) is 0 Å². The maximum atomic E-state index is 12.7. The number of rotatable bonds is 6. The number of nitrogens with one attached hydrogen (secondary N) is 4. The molecule has 0 radical (unpaired) electrons. The summed E-state index contributed by atoms with van der Waals surface area (Å²) < 4.78 is 0. The fraction of sp³-hybridized carbons (Fsp3) is 0.286. The zero-order valence-corrected chi connectivity index (χ0v) is 16.6. The zero-order valence-electron chi connectivity index (χ0n) is 16.6. The van der Waals surface area contributed by atoms with E-state index in [1.807, 2.05) is 50.2 Å². The first-order chi connectivity index (χ1) is 13.3. The van der Waals surface area contributed by atoms with Crippen molar-refractivity contribution in [1.82, 2.24) is 10.6 Å². The van der Waals surface area contributed by atoms with Crippen LogP contribution >= 0.6 is 0 Å². The molecular weight excluding hydrogens is 356 g/mol. The molecule has 0 heterocycles. The van der Waals surface area contributed by atoms with Gasteiger partial charge in [0.1, 0.15) is 0 Å². The molecular formula is C21H27N4O3+. The SMILES string of the molecule is CNC(=O)NC(=O)[C@H](c1ccccc1)[NH+](C)CC(=O)Nc1cccc(C)c1C. The lowest BCUT2D eigenvalue weighted by Crippen LogP contribution is -3.11. The van der Waals surface area contributed by atoms with Crippen molar-refractivity contribution in [3.05, 3.63) is 65.2 Å². The normalized spacial score (nSPS) is 12.6. The van der Waals surface area contributed by atoms with E-state index in [9.17, 15) is 14.4 Å². The first kappa shape index (κ1) is 21.1. The van der Waals surface area contributed by atoms with E-state index in [1.165, 1.54) is 7.05 Å². The van der Waals surface area contributed by atoms with Crippen LogP contribution in [0.25, 0.3) is 0 Å². The third-order valence-corrected chi connectivity index (χ3v) is 4.67. The summed E-state index contributed by atoms with van der Waals surface area (Å²) in [5, 5.41) is 7.58. The third kappa shape index (κ3) is 5.40. The summed E-state index contributed by atoms with van der Waals surface area (Å²) in [7, 11) is 3.19. The summed E-state index contributed by atoms with van der Waals surface area (Å²) in [4.78, 5) is 37.5. The van der Waals surface area contributed by atoms with Gasteiger partial charge in [0.15, 0.2) is 12.6 Å². The highest BCUT2D eigenvalue weighted by Gasteiger charge is 2.31. The molecule has 7 heteroatoms. The third-order valence-electron chi connectivity index (χ3n) is 4.67. The molecule has 0 aliphatic rings. The molecule has 148 valence electrons. The molecule has 4 N–H and O–H groups in total. The molecule has 0 fully saturated rings. The molecule has 7 nitrogen and oxygen atoms in total. The van der Waals surface area contributed by atoms with Crippen molar-refractivity contribution in [2.24, 2.45) is 0 Å².